The summed E-state index contributed by atoms with van der Waals surface area (Å²) in [5.41, 5.74) is 1.52. The van der Waals surface area contributed by atoms with Crippen molar-refractivity contribution in [3.63, 3.8) is 0 Å². The first kappa shape index (κ1) is 6.03. The predicted molar refractivity (Wildman–Crippen MR) is 40.9 cm³/mol. The summed E-state index contributed by atoms with van der Waals surface area (Å²) < 4.78 is 1.20. The molecule has 0 aliphatic heterocycles. The lowest BCUT2D eigenvalue weighted by molar-refractivity contribution is 0.896. The summed E-state index contributed by atoms with van der Waals surface area (Å²) >= 11 is 0. The van der Waals surface area contributed by atoms with Gasteiger partial charge in [-0.1, -0.05) is 12.1 Å². The van der Waals surface area contributed by atoms with Gasteiger partial charge in [0.25, 0.3) is 0 Å². The van der Waals surface area contributed by atoms with Crippen LogP contribution in [0.25, 0.3) is 11.0 Å². The van der Waals surface area contributed by atoms with Gasteiger partial charge in [0.1, 0.15) is 6.33 Å². The minimum atomic E-state index is 0.738. The maximum Gasteiger partial charge on any atom is 0.121 e. The monoisotopic (exact) mass is 147 g/mol. The van der Waals surface area contributed by atoms with Crippen LogP contribution in [-0.4, -0.2) is 9.66 Å². The van der Waals surface area contributed by atoms with Gasteiger partial charge in [-0.05, 0) is 12.1 Å². The van der Waals surface area contributed by atoms with E-state index in [4.69, 9.17) is 0 Å². The molecule has 54 valence electrons. The second-order valence-electron chi connectivity index (χ2n) is 2.16. The summed E-state index contributed by atoms with van der Waals surface area (Å²) in [6.45, 7) is 0. The van der Waals surface area contributed by atoms with E-state index in [0.717, 1.165) is 11.0 Å². The van der Waals surface area contributed by atoms with Gasteiger partial charge in [0.2, 0.25) is 0 Å². The fourth-order valence-corrected chi connectivity index (χ4v) is 1.01. The minimum absolute atomic E-state index is 0.738. The molecule has 2 rings (SSSR count). The Morgan fingerprint density at radius 2 is 2.18 bits per heavy atom. The number of fused-ring (bicyclic) bond motifs is 1. The van der Waals surface area contributed by atoms with Gasteiger partial charge in [0, 0.05) is 0 Å². The van der Waals surface area contributed by atoms with E-state index in [2.05, 4.69) is 10.3 Å². The molecule has 0 amide bonds. The van der Waals surface area contributed by atoms with Crippen molar-refractivity contribution in [1.82, 2.24) is 9.66 Å². The number of para-hydroxylation sites is 2. The molecule has 4 heteroatoms. The number of aromatic nitrogens is 2. The molecule has 4 nitrogen and oxygen atoms in total. The third-order valence-electron chi connectivity index (χ3n) is 1.52. The number of imidazole rings is 1. The fourth-order valence-electron chi connectivity index (χ4n) is 1.01. The normalized spacial score (nSPS) is 10.2. The van der Waals surface area contributed by atoms with Gasteiger partial charge in [0.05, 0.1) is 16.3 Å². The van der Waals surface area contributed by atoms with Gasteiger partial charge in [-0.2, -0.15) is 4.68 Å². The van der Waals surface area contributed by atoms with E-state index in [1.165, 1.54) is 11.0 Å². The molecule has 0 saturated heterocycles. The molecule has 0 N–H and O–H groups in total. The molecular formula is C7H5N3O. The van der Waals surface area contributed by atoms with Crippen molar-refractivity contribution in [3.8, 4) is 0 Å². The van der Waals surface area contributed by atoms with Crippen LogP contribution in [0.5, 0.6) is 0 Å². The summed E-state index contributed by atoms with van der Waals surface area (Å²) in [5, 5.41) is 2.76. The maximum absolute atomic E-state index is 10.2. The predicted octanol–water partition coefficient (Wildman–Crippen LogP) is 1.57. The number of benzene rings is 1. The van der Waals surface area contributed by atoms with Crippen molar-refractivity contribution < 1.29 is 0 Å². The summed E-state index contributed by atoms with van der Waals surface area (Å²) in [5.74, 6) is 0. The van der Waals surface area contributed by atoms with Gasteiger partial charge in [-0.25, -0.2) is 4.98 Å². The third kappa shape index (κ3) is 0.797. The molecule has 0 bridgehead atoms. The first-order valence-corrected chi connectivity index (χ1v) is 3.17. The van der Waals surface area contributed by atoms with Gasteiger partial charge in [-0.15, -0.1) is 4.91 Å². The van der Waals surface area contributed by atoms with Crippen molar-refractivity contribution in [2.75, 3.05) is 0 Å². The molecule has 0 fully saturated rings. The molecule has 0 radical (unpaired) electrons. The average molecular weight is 147 g/mol. The van der Waals surface area contributed by atoms with Crippen LogP contribution in [0, 0.1) is 4.91 Å². The number of rotatable bonds is 1. The van der Waals surface area contributed by atoms with Crippen LogP contribution >= 0.6 is 0 Å². The van der Waals surface area contributed by atoms with Crippen LogP contribution in [-0.2, 0) is 0 Å². The zero-order valence-electron chi connectivity index (χ0n) is 5.64. The molecule has 2 aromatic rings. The van der Waals surface area contributed by atoms with Crippen molar-refractivity contribution in [1.29, 1.82) is 0 Å². The van der Waals surface area contributed by atoms with E-state index >= 15 is 0 Å². The maximum atomic E-state index is 10.2. The highest BCUT2D eigenvalue weighted by molar-refractivity contribution is 5.74. The zero-order valence-corrected chi connectivity index (χ0v) is 5.64. The molecule has 0 saturated carbocycles. The number of hydrogen-bond donors (Lipinski definition) is 0. The number of nitroso groups, excluding NO2 is 1. The molecule has 1 heterocycles. The van der Waals surface area contributed by atoms with Gasteiger partial charge in [0.15, 0.2) is 0 Å². The standard InChI is InChI=1S/C7H5N3O/c11-9-10-5-8-6-3-1-2-4-7(6)10/h1-5H. The van der Waals surface area contributed by atoms with Gasteiger partial charge in [-0.3, -0.25) is 0 Å². The Hall–Kier alpha value is -1.71. The first-order valence-electron chi connectivity index (χ1n) is 3.17. The SMILES string of the molecule is O=Nn1cnc2ccccc21. The van der Waals surface area contributed by atoms with E-state index in [-0.39, 0.29) is 0 Å². The second kappa shape index (κ2) is 2.16. The molecule has 1 aromatic heterocycles. The van der Waals surface area contributed by atoms with E-state index in [9.17, 15) is 4.91 Å². The average Bonchev–Trinajstić information content (AvgIpc) is 2.47. The lowest BCUT2D eigenvalue weighted by Crippen LogP contribution is -1.80. The highest BCUT2D eigenvalue weighted by Crippen LogP contribution is 2.10. The summed E-state index contributed by atoms with van der Waals surface area (Å²) in [6.07, 6.45) is 1.40. The van der Waals surface area contributed by atoms with Crippen LogP contribution < -0.4 is 0 Å². The Kier molecular flexibility index (Phi) is 1.18. The van der Waals surface area contributed by atoms with Crippen molar-refractivity contribution in [2.45, 2.75) is 0 Å². The van der Waals surface area contributed by atoms with E-state index in [0.29, 0.717) is 0 Å². The van der Waals surface area contributed by atoms with E-state index in [1.807, 2.05) is 18.2 Å². The van der Waals surface area contributed by atoms with Crippen LogP contribution in [0.4, 0.5) is 0 Å². The van der Waals surface area contributed by atoms with Crippen molar-refractivity contribution in [3.05, 3.63) is 35.5 Å². The molecule has 0 unspecified atom stereocenters. The van der Waals surface area contributed by atoms with Crippen molar-refractivity contribution >= 4 is 11.0 Å². The van der Waals surface area contributed by atoms with E-state index < -0.39 is 0 Å². The summed E-state index contributed by atoms with van der Waals surface area (Å²) in [6, 6.07) is 7.33. The number of hydrogen-bond acceptors (Lipinski definition) is 3. The molecule has 0 aliphatic rings. The highest BCUT2D eigenvalue weighted by atomic mass is 16.3. The fraction of sp³-hybridized carbons (Fsp3) is 0. The minimum Gasteiger partial charge on any atom is -0.235 e. The lowest BCUT2D eigenvalue weighted by atomic mass is 10.3. The van der Waals surface area contributed by atoms with Crippen LogP contribution in [0.3, 0.4) is 0 Å². The van der Waals surface area contributed by atoms with Crippen LogP contribution in [0.15, 0.2) is 35.9 Å². The first-order chi connectivity index (χ1) is 5.42. The van der Waals surface area contributed by atoms with Crippen LogP contribution in [0.2, 0.25) is 0 Å². The molecule has 0 spiro atoms. The number of nitrogens with zero attached hydrogens (tertiary/aromatic N) is 3. The molecular weight excluding hydrogens is 142 g/mol. The summed E-state index contributed by atoms with van der Waals surface area (Å²) in [4.78, 5) is 14.1. The van der Waals surface area contributed by atoms with Gasteiger partial charge < -0.3 is 0 Å². The topological polar surface area (TPSA) is 47.2 Å². The molecule has 0 aliphatic carbocycles. The Balaban J connectivity index is 2.86. The Bertz CT molecular complexity index is 393. The molecule has 0 atom stereocenters. The van der Waals surface area contributed by atoms with Gasteiger partial charge >= 0.3 is 0 Å². The Labute approximate surface area is 62.4 Å². The largest absolute Gasteiger partial charge is 0.235 e. The molecule has 1 aromatic carbocycles. The Morgan fingerprint density at radius 1 is 1.36 bits per heavy atom. The van der Waals surface area contributed by atoms with Crippen molar-refractivity contribution in [2.24, 2.45) is 5.29 Å². The molecule has 11 heavy (non-hydrogen) atoms. The Morgan fingerprint density at radius 3 is 3.00 bits per heavy atom. The highest BCUT2D eigenvalue weighted by Gasteiger charge is 1.98. The second-order valence-corrected chi connectivity index (χ2v) is 2.16. The smallest absolute Gasteiger partial charge is 0.121 e. The van der Waals surface area contributed by atoms with Crippen LogP contribution in [0.1, 0.15) is 0 Å². The zero-order chi connectivity index (χ0) is 7.68. The van der Waals surface area contributed by atoms with E-state index in [1.54, 1.807) is 6.07 Å². The third-order valence-corrected chi connectivity index (χ3v) is 1.52. The summed E-state index contributed by atoms with van der Waals surface area (Å²) in [7, 11) is 0. The quantitative estimate of drug-likeness (QED) is 0.574. The lowest BCUT2D eigenvalue weighted by Gasteiger charge is -1.87.